The first-order chi connectivity index (χ1) is 9.19. The van der Waals surface area contributed by atoms with Gasteiger partial charge in [-0.1, -0.05) is 0 Å². The number of ether oxygens (including phenoxy) is 3. The van der Waals surface area contributed by atoms with E-state index in [-0.39, 0.29) is 44.8 Å². The zero-order valence-corrected chi connectivity index (χ0v) is 11.5. The number of carbonyl (C=O) groups is 1. The number of amides is 1. The minimum Gasteiger partial charge on any atom is -0.491 e. The third-order valence-corrected chi connectivity index (χ3v) is 2.51. The summed E-state index contributed by atoms with van der Waals surface area (Å²) in [5.41, 5.74) is 5.12. The summed E-state index contributed by atoms with van der Waals surface area (Å²) in [7, 11) is 0. The normalized spacial score (nSPS) is 13.3. The summed E-state index contributed by atoms with van der Waals surface area (Å²) in [5, 5.41) is 12.1. The Kier molecular flexibility index (Phi) is 6.37. The molecule has 4 N–H and O–H groups in total. The van der Waals surface area contributed by atoms with Crippen molar-refractivity contribution < 1.29 is 24.1 Å². The molecule has 2 rings (SSSR count). The van der Waals surface area contributed by atoms with Gasteiger partial charge in [0.1, 0.15) is 18.5 Å². The smallest absolute Gasteiger partial charge is 0.233 e. The monoisotopic (exact) mass is 304 g/mol. The van der Waals surface area contributed by atoms with E-state index in [1.54, 1.807) is 18.2 Å². The molecule has 1 heterocycles. The highest BCUT2D eigenvalue weighted by molar-refractivity contribution is 5.85. The second kappa shape index (κ2) is 7.78. The van der Waals surface area contributed by atoms with Gasteiger partial charge in [-0.3, -0.25) is 4.79 Å². The number of benzene rings is 1. The van der Waals surface area contributed by atoms with Crippen LogP contribution in [0.2, 0.25) is 0 Å². The lowest BCUT2D eigenvalue weighted by Crippen LogP contribution is -2.38. The Labute approximate surface area is 122 Å². The first-order valence-corrected chi connectivity index (χ1v) is 5.86. The van der Waals surface area contributed by atoms with Crippen molar-refractivity contribution in [2.45, 2.75) is 6.10 Å². The van der Waals surface area contributed by atoms with Crippen molar-refractivity contribution in [3.05, 3.63) is 18.2 Å². The largest absolute Gasteiger partial charge is 0.491 e. The van der Waals surface area contributed by atoms with Crippen molar-refractivity contribution in [3.8, 4) is 17.2 Å². The van der Waals surface area contributed by atoms with E-state index in [0.29, 0.717) is 17.2 Å². The highest BCUT2D eigenvalue weighted by atomic mass is 35.5. The van der Waals surface area contributed by atoms with Crippen molar-refractivity contribution in [1.29, 1.82) is 0 Å². The summed E-state index contributed by atoms with van der Waals surface area (Å²) in [6.45, 7) is 0.257. The first-order valence-electron chi connectivity index (χ1n) is 5.86. The van der Waals surface area contributed by atoms with Crippen LogP contribution in [0, 0.1) is 0 Å². The van der Waals surface area contributed by atoms with Gasteiger partial charge in [0.2, 0.25) is 12.7 Å². The lowest BCUT2D eigenvalue weighted by Gasteiger charge is -2.13. The second-order valence-electron chi connectivity index (χ2n) is 3.99. The third-order valence-electron chi connectivity index (χ3n) is 2.51. The standard InChI is InChI=1S/C12H16N2O5.ClH/c13-4-12(16)14-5-8(15)6-17-9-1-2-10-11(3-9)19-7-18-10;/h1-3,8,15H,4-7,13H2,(H,14,16);1H. The van der Waals surface area contributed by atoms with Crippen molar-refractivity contribution in [2.24, 2.45) is 5.73 Å². The Morgan fingerprint density at radius 1 is 1.45 bits per heavy atom. The minimum absolute atomic E-state index is 0. The summed E-state index contributed by atoms with van der Waals surface area (Å²) in [5.74, 6) is 1.53. The van der Waals surface area contributed by atoms with Gasteiger partial charge in [0.15, 0.2) is 11.5 Å². The fraction of sp³-hybridized carbons (Fsp3) is 0.417. The Morgan fingerprint density at radius 3 is 2.95 bits per heavy atom. The molecule has 0 spiro atoms. The third kappa shape index (κ3) is 4.44. The molecule has 1 atom stereocenters. The molecule has 7 nitrogen and oxygen atoms in total. The van der Waals surface area contributed by atoms with Crippen molar-refractivity contribution >= 4 is 18.3 Å². The molecule has 112 valence electrons. The number of aliphatic hydroxyl groups is 1. The van der Waals surface area contributed by atoms with Gasteiger partial charge >= 0.3 is 0 Å². The minimum atomic E-state index is -0.805. The molecule has 1 aliphatic rings. The fourth-order valence-corrected chi connectivity index (χ4v) is 1.52. The number of aliphatic hydroxyl groups excluding tert-OH is 1. The predicted molar refractivity (Wildman–Crippen MR) is 73.4 cm³/mol. The summed E-state index contributed by atoms with van der Waals surface area (Å²) in [4.78, 5) is 10.9. The molecule has 1 amide bonds. The van der Waals surface area contributed by atoms with E-state index in [2.05, 4.69) is 5.32 Å². The summed E-state index contributed by atoms with van der Waals surface area (Å²) in [6, 6.07) is 5.15. The van der Waals surface area contributed by atoms with Crippen LogP contribution in [-0.2, 0) is 4.79 Å². The highest BCUT2D eigenvalue weighted by Gasteiger charge is 2.14. The molecule has 0 saturated heterocycles. The van der Waals surface area contributed by atoms with Crippen molar-refractivity contribution in [2.75, 3.05) is 26.5 Å². The summed E-state index contributed by atoms with van der Waals surface area (Å²) in [6.07, 6.45) is -0.805. The van der Waals surface area contributed by atoms with Crippen LogP contribution in [0.1, 0.15) is 0 Å². The number of halogens is 1. The van der Waals surface area contributed by atoms with Crippen LogP contribution in [0.4, 0.5) is 0 Å². The summed E-state index contributed by atoms with van der Waals surface area (Å²) < 4.78 is 15.8. The molecule has 0 bridgehead atoms. The number of nitrogens with two attached hydrogens (primary N) is 1. The molecule has 0 aromatic heterocycles. The molecule has 0 radical (unpaired) electrons. The van der Waals surface area contributed by atoms with Crippen molar-refractivity contribution in [1.82, 2.24) is 5.32 Å². The van der Waals surface area contributed by atoms with Gasteiger partial charge in [0, 0.05) is 12.6 Å². The van der Waals surface area contributed by atoms with Gasteiger partial charge in [-0.2, -0.15) is 0 Å². The number of hydrogen-bond acceptors (Lipinski definition) is 6. The number of carbonyl (C=O) groups excluding carboxylic acids is 1. The van der Waals surface area contributed by atoms with E-state index in [9.17, 15) is 9.90 Å². The molecule has 0 aliphatic carbocycles. The maximum absolute atomic E-state index is 10.9. The van der Waals surface area contributed by atoms with Crippen LogP contribution in [-0.4, -0.2) is 43.6 Å². The molecule has 1 aromatic carbocycles. The lowest BCUT2D eigenvalue weighted by molar-refractivity contribution is -0.120. The lowest BCUT2D eigenvalue weighted by atomic mass is 10.3. The quantitative estimate of drug-likeness (QED) is 0.664. The van der Waals surface area contributed by atoms with Crippen LogP contribution in [0.25, 0.3) is 0 Å². The predicted octanol–water partition coefficient (Wildman–Crippen LogP) is -0.348. The Balaban J connectivity index is 0.00000200. The average Bonchev–Trinajstić information content (AvgIpc) is 2.89. The first kappa shape index (κ1) is 16.4. The molecule has 0 saturated carbocycles. The highest BCUT2D eigenvalue weighted by Crippen LogP contribution is 2.35. The molecule has 1 aliphatic heterocycles. The number of nitrogens with one attached hydrogen (secondary N) is 1. The SMILES string of the molecule is Cl.NCC(=O)NCC(O)COc1ccc2c(c1)OCO2. The van der Waals surface area contributed by atoms with Gasteiger partial charge < -0.3 is 30.4 Å². The molecular weight excluding hydrogens is 288 g/mol. The van der Waals surface area contributed by atoms with E-state index < -0.39 is 6.10 Å². The fourth-order valence-electron chi connectivity index (χ4n) is 1.52. The van der Waals surface area contributed by atoms with Gasteiger partial charge in [0.25, 0.3) is 0 Å². The topological polar surface area (TPSA) is 103 Å². The van der Waals surface area contributed by atoms with Crippen LogP contribution in [0.3, 0.4) is 0 Å². The number of hydrogen-bond donors (Lipinski definition) is 3. The Morgan fingerprint density at radius 2 is 2.20 bits per heavy atom. The van der Waals surface area contributed by atoms with Gasteiger partial charge in [-0.15, -0.1) is 12.4 Å². The van der Waals surface area contributed by atoms with Crippen LogP contribution >= 0.6 is 12.4 Å². The molecular formula is C12H17ClN2O5. The van der Waals surface area contributed by atoms with E-state index in [1.807, 2.05) is 0 Å². The van der Waals surface area contributed by atoms with E-state index in [0.717, 1.165) is 0 Å². The number of rotatable bonds is 6. The molecule has 0 fully saturated rings. The molecule has 20 heavy (non-hydrogen) atoms. The second-order valence-corrected chi connectivity index (χ2v) is 3.99. The van der Waals surface area contributed by atoms with Crippen LogP contribution in [0.5, 0.6) is 17.2 Å². The number of fused-ring (bicyclic) bond motifs is 1. The van der Waals surface area contributed by atoms with E-state index in [1.165, 1.54) is 0 Å². The summed E-state index contributed by atoms with van der Waals surface area (Å²) >= 11 is 0. The van der Waals surface area contributed by atoms with Gasteiger partial charge in [-0.25, -0.2) is 0 Å². The zero-order valence-electron chi connectivity index (χ0n) is 10.7. The Hall–Kier alpha value is -1.70. The zero-order chi connectivity index (χ0) is 13.7. The van der Waals surface area contributed by atoms with Gasteiger partial charge in [-0.05, 0) is 12.1 Å². The van der Waals surface area contributed by atoms with E-state index in [4.69, 9.17) is 19.9 Å². The molecule has 1 unspecified atom stereocenters. The van der Waals surface area contributed by atoms with Crippen LogP contribution < -0.4 is 25.3 Å². The van der Waals surface area contributed by atoms with E-state index >= 15 is 0 Å². The average molecular weight is 305 g/mol. The maximum atomic E-state index is 10.9. The maximum Gasteiger partial charge on any atom is 0.233 e. The van der Waals surface area contributed by atoms with Crippen LogP contribution in [0.15, 0.2) is 18.2 Å². The van der Waals surface area contributed by atoms with Crippen molar-refractivity contribution in [3.63, 3.8) is 0 Å². The molecule has 1 aromatic rings. The van der Waals surface area contributed by atoms with Gasteiger partial charge in [0.05, 0.1) is 6.54 Å². The molecule has 8 heteroatoms. The Bertz CT molecular complexity index is 457.